The van der Waals surface area contributed by atoms with Crippen LogP contribution in [0.2, 0.25) is 5.02 Å². The predicted octanol–water partition coefficient (Wildman–Crippen LogP) is 3.14. The Hall–Kier alpha value is -3.39. The summed E-state index contributed by atoms with van der Waals surface area (Å²) in [5.74, 6) is -0.905. The fraction of sp³-hybridized carbons (Fsp3) is 0.238. The van der Waals surface area contributed by atoms with E-state index in [-0.39, 0.29) is 37.1 Å². The topological polar surface area (TPSA) is 108 Å². The van der Waals surface area contributed by atoms with Crippen LogP contribution in [0.1, 0.15) is 25.3 Å². The molecule has 0 saturated carbocycles. The van der Waals surface area contributed by atoms with E-state index >= 15 is 0 Å². The van der Waals surface area contributed by atoms with Crippen molar-refractivity contribution in [2.75, 3.05) is 10.6 Å². The first-order chi connectivity index (χ1) is 14.3. The van der Waals surface area contributed by atoms with Crippen LogP contribution < -0.4 is 16.0 Å². The van der Waals surface area contributed by atoms with Crippen LogP contribution in [0.15, 0.2) is 48.5 Å². The third-order valence-electron chi connectivity index (χ3n) is 4.52. The van der Waals surface area contributed by atoms with E-state index < -0.39 is 12.1 Å². The average Bonchev–Trinajstić information content (AvgIpc) is 2.95. The molecule has 156 valence electrons. The minimum absolute atomic E-state index is 0.0426. The van der Waals surface area contributed by atoms with Crippen LogP contribution >= 0.6 is 11.6 Å². The van der Waals surface area contributed by atoms with E-state index in [9.17, 15) is 19.2 Å². The highest BCUT2D eigenvalue weighted by Crippen LogP contribution is 2.21. The Bertz CT molecular complexity index is 994. The largest absolute Gasteiger partial charge is 0.326 e. The van der Waals surface area contributed by atoms with Crippen molar-refractivity contribution in [3.63, 3.8) is 0 Å². The summed E-state index contributed by atoms with van der Waals surface area (Å²) < 4.78 is 0. The second-order valence-corrected chi connectivity index (χ2v) is 7.27. The molecule has 3 rings (SSSR count). The number of carbonyl (C=O) groups excluding carboxylic acids is 4. The van der Waals surface area contributed by atoms with E-state index in [1.807, 2.05) is 0 Å². The molecule has 0 spiro atoms. The van der Waals surface area contributed by atoms with Gasteiger partial charge in [-0.05, 0) is 36.2 Å². The van der Waals surface area contributed by atoms with Gasteiger partial charge in [0, 0.05) is 29.7 Å². The van der Waals surface area contributed by atoms with Crippen molar-refractivity contribution >= 4 is 46.7 Å². The summed E-state index contributed by atoms with van der Waals surface area (Å²) in [5, 5.41) is 8.44. The van der Waals surface area contributed by atoms with Crippen molar-refractivity contribution in [1.82, 2.24) is 10.2 Å². The highest BCUT2D eigenvalue weighted by molar-refractivity contribution is 6.31. The fourth-order valence-corrected chi connectivity index (χ4v) is 3.29. The van der Waals surface area contributed by atoms with Crippen LogP contribution in [0, 0.1) is 0 Å². The van der Waals surface area contributed by atoms with Gasteiger partial charge in [0.2, 0.25) is 11.8 Å². The number of hydrogen-bond acceptors (Lipinski definition) is 4. The number of halogens is 1. The first kappa shape index (κ1) is 21.3. The van der Waals surface area contributed by atoms with E-state index in [0.29, 0.717) is 22.0 Å². The van der Waals surface area contributed by atoms with Gasteiger partial charge >= 0.3 is 6.03 Å². The maximum absolute atomic E-state index is 12.6. The highest BCUT2D eigenvalue weighted by atomic mass is 35.5. The average molecular weight is 429 g/mol. The molecule has 30 heavy (non-hydrogen) atoms. The van der Waals surface area contributed by atoms with Crippen molar-refractivity contribution < 1.29 is 19.2 Å². The van der Waals surface area contributed by atoms with Gasteiger partial charge in [0.1, 0.15) is 6.04 Å². The van der Waals surface area contributed by atoms with Crippen molar-refractivity contribution in [2.45, 2.75) is 32.4 Å². The summed E-state index contributed by atoms with van der Waals surface area (Å²) in [6.07, 6.45) is 0.210. The molecule has 3 N–H and O–H groups in total. The molecule has 0 aromatic heterocycles. The number of rotatable bonds is 7. The normalized spacial score (nSPS) is 15.7. The van der Waals surface area contributed by atoms with Crippen LogP contribution in [-0.4, -0.2) is 34.7 Å². The molecule has 8 nitrogen and oxygen atoms in total. The fourth-order valence-electron chi connectivity index (χ4n) is 3.10. The number of anilines is 2. The summed E-state index contributed by atoms with van der Waals surface area (Å²) >= 11 is 6.11. The Balaban J connectivity index is 1.54. The van der Waals surface area contributed by atoms with Crippen LogP contribution in [0.4, 0.5) is 16.2 Å². The summed E-state index contributed by atoms with van der Waals surface area (Å²) in [5.41, 5.74) is 1.75. The lowest BCUT2D eigenvalue weighted by molar-refractivity contribution is -0.128. The lowest BCUT2D eigenvalue weighted by Gasteiger charge is -2.14. The number of imide groups is 1. The SMILES string of the molecule is CC(=O)Nc1cccc(NC(=O)CCC2NC(=O)N(Cc3ccccc3Cl)C2=O)c1. The van der Waals surface area contributed by atoms with Gasteiger partial charge in [0.15, 0.2) is 0 Å². The number of urea groups is 1. The molecule has 0 aliphatic carbocycles. The Labute approximate surface area is 178 Å². The Morgan fingerprint density at radius 3 is 2.47 bits per heavy atom. The molecular weight excluding hydrogens is 408 g/mol. The molecule has 0 radical (unpaired) electrons. The minimum atomic E-state index is -0.767. The van der Waals surface area contributed by atoms with Gasteiger partial charge in [-0.1, -0.05) is 35.9 Å². The van der Waals surface area contributed by atoms with Crippen LogP contribution in [0.25, 0.3) is 0 Å². The molecule has 9 heteroatoms. The quantitative estimate of drug-likeness (QED) is 0.589. The molecular formula is C21H21ClN4O4. The van der Waals surface area contributed by atoms with Gasteiger partial charge in [-0.25, -0.2) is 4.79 Å². The summed E-state index contributed by atoms with van der Waals surface area (Å²) in [7, 11) is 0. The van der Waals surface area contributed by atoms with Gasteiger partial charge in [-0.15, -0.1) is 0 Å². The summed E-state index contributed by atoms with van der Waals surface area (Å²) in [6.45, 7) is 1.47. The zero-order chi connectivity index (χ0) is 21.7. The van der Waals surface area contributed by atoms with Crippen molar-refractivity contribution in [2.24, 2.45) is 0 Å². The lowest BCUT2D eigenvalue weighted by Crippen LogP contribution is -2.31. The molecule has 1 unspecified atom stereocenters. The number of benzene rings is 2. The molecule has 1 aliphatic rings. The van der Waals surface area contributed by atoms with E-state index in [0.717, 1.165) is 4.90 Å². The molecule has 1 aliphatic heterocycles. The molecule has 0 bridgehead atoms. The molecule has 1 heterocycles. The van der Waals surface area contributed by atoms with Crippen LogP contribution in [0.3, 0.4) is 0 Å². The van der Waals surface area contributed by atoms with Crippen LogP contribution in [-0.2, 0) is 20.9 Å². The molecule has 2 aromatic carbocycles. The number of nitrogens with one attached hydrogen (secondary N) is 3. The third-order valence-corrected chi connectivity index (χ3v) is 4.89. The zero-order valence-electron chi connectivity index (χ0n) is 16.3. The molecule has 5 amide bonds. The van der Waals surface area contributed by atoms with E-state index in [2.05, 4.69) is 16.0 Å². The smallest absolute Gasteiger partial charge is 0.325 e. The minimum Gasteiger partial charge on any atom is -0.326 e. The first-order valence-corrected chi connectivity index (χ1v) is 9.74. The first-order valence-electron chi connectivity index (χ1n) is 9.36. The lowest BCUT2D eigenvalue weighted by atomic mass is 10.1. The van der Waals surface area contributed by atoms with Gasteiger partial charge in [0.05, 0.1) is 6.54 Å². The maximum atomic E-state index is 12.6. The Kier molecular flexibility index (Phi) is 6.68. The van der Waals surface area contributed by atoms with Gasteiger partial charge in [-0.2, -0.15) is 0 Å². The van der Waals surface area contributed by atoms with E-state index in [1.54, 1.807) is 48.5 Å². The standard InChI is InChI=1S/C21H21ClN4O4/c1-13(27)23-15-6-4-7-16(11-15)24-19(28)10-9-18-20(29)26(21(30)25-18)12-14-5-2-3-8-17(14)22/h2-8,11,18H,9-10,12H2,1H3,(H,23,27)(H,24,28)(H,25,30). The van der Waals surface area contributed by atoms with Crippen molar-refractivity contribution in [1.29, 1.82) is 0 Å². The monoisotopic (exact) mass is 428 g/mol. The van der Waals surface area contributed by atoms with E-state index in [4.69, 9.17) is 11.6 Å². The number of carbonyl (C=O) groups is 4. The van der Waals surface area contributed by atoms with Gasteiger partial charge < -0.3 is 16.0 Å². The molecule has 1 atom stereocenters. The third kappa shape index (κ3) is 5.36. The molecule has 1 saturated heterocycles. The molecule has 1 fully saturated rings. The zero-order valence-corrected chi connectivity index (χ0v) is 17.0. The number of nitrogens with zero attached hydrogens (tertiary/aromatic N) is 1. The van der Waals surface area contributed by atoms with E-state index in [1.165, 1.54) is 6.92 Å². The van der Waals surface area contributed by atoms with Gasteiger partial charge in [0.25, 0.3) is 5.91 Å². The van der Waals surface area contributed by atoms with Crippen LogP contribution in [0.5, 0.6) is 0 Å². The van der Waals surface area contributed by atoms with Crippen molar-refractivity contribution in [3.05, 3.63) is 59.1 Å². The second kappa shape index (κ2) is 9.41. The Morgan fingerprint density at radius 1 is 1.07 bits per heavy atom. The maximum Gasteiger partial charge on any atom is 0.325 e. The van der Waals surface area contributed by atoms with Gasteiger partial charge in [-0.3, -0.25) is 19.3 Å². The predicted molar refractivity (Wildman–Crippen MR) is 113 cm³/mol. The second-order valence-electron chi connectivity index (χ2n) is 6.87. The summed E-state index contributed by atoms with van der Waals surface area (Å²) in [6, 6.07) is 12.4. The van der Waals surface area contributed by atoms with Crippen molar-refractivity contribution in [3.8, 4) is 0 Å². The number of amides is 5. The highest BCUT2D eigenvalue weighted by Gasteiger charge is 2.38. The molecule has 2 aromatic rings. The number of hydrogen-bond donors (Lipinski definition) is 3. The summed E-state index contributed by atoms with van der Waals surface area (Å²) in [4.78, 5) is 49.3. The Morgan fingerprint density at radius 2 is 1.77 bits per heavy atom.